The molecular weight excluding hydrogens is 282 g/mol. The smallest absolute Gasteiger partial charge is 0.307 e. The highest BCUT2D eigenvalue weighted by molar-refractivity contribution is 5.95. The summed E-state index contributed by atoms with van der Waals surface area (Å²) in [7, 11) is 0. The first-order valence-corrected chi connectivity index (χ1v) is 6.86. The lowest BCUT2D eigenvalue weighted by molar-refractivity contribution is -0.387. The molecule has 7 heteroatoms. The van der Waals surface area contributed by atoms with Gasteiger partial charge in [0.05, 0.1) is 16.6 Å². The fourth-order valence-corrected chi connectivity index (χ4v) is 2.67. The number of hydrogen-bond donors (Lipinski definition) is 0. The summed E-state index contributed by atoms with van der Waals surface area (Å²) in [6.45, 7) is 3.07. The second kappa shape index (κ2) is 6.15. The average molecular weight is 298 g/mol. The highest BCUT2D eigenvalue weighted by Gasteiger charge is 2.29. The lowest BCUT2D eigenvalue weighted by Gasteiger charge is -2.17. The Hall–Kier alpha value is -2.05. The maximum atomic E-state index is 13.8. The molecule has 0 saturated carbocycles. The topological polar surface area (TPSA) is 63.5 Å². The van der Waals surface area contributed by atoms with E-state index in [9.17, 15) is 23.7 Å². The van der Waals surface area contributed by atoms with Crippen LogP contribution in [-0.4, -0.2) is 28.8 Å². The summed E-state index contributed by atoms with van der Waals surface area (Å²) in [5.74, 6) is -2.49. The van der Waals surface area contributed by atoms with E-state index < -0.39 is 33.7 Å². The number of nitro benzene ring substituents is 1. The van der Waals surface area contributed by atoms with E-state index in [1.807, 2.05) is 0 Å². The van der Waals surface area contributed by atoms with Crippen molar-refractivity contribution in [2.75, 3.05) is 13.1 Å². The van der Waals surface area contributed by atoms with E-state index in [0.29, 0.717) is 31.1 Å². The number of nitrogens with zero attached hydrogens (tertiary/aromatic N) is 2. The first-order chi connectivity index (χ1) is 9.93. The van der Waals surface area contributed by atoms with Crippen molar-refractivity contribution in [3.05, 3.63) is 39.4 Å². The summed E-state index contributed by atoms with van der Waals surface area (Å²) in [6.07, 6.45) is 2.84. The molecule has 1 unspecified atom stereocenters. The first kappa shape index (κ1) is 15.3. The zero-order chi connectivity index (χ0) is 15.6. The zero-order valence-electron chi connectivity index (χ0n) is 11.6. The van der Waals surface area contributed by atoms with E-state index in [2.05, 4.69) is 6.92 Å². The Bertz CT molecular complexity index is 578. The van der Waals surface area contributed by atoms with E-state index in [1.54, 1.807) is 0 Å². The van der Waals surface area contributed by atoms with Crippen LogP contribution in [0.5, 0.6) is 0 Å². The normalized spacial score (nSPS) is 18.0. The molecule has 1 atom stereocenters. The van der Waals surface area contributed by atoms with Crippen molar-refractivity contribution in [1.29, 1.82) is 0 Å². The van der Waals surface area contributed by atoms with Gasteiger partial charge in [0.25, 0.3) is 5.91 Å². The Morgan fingerprint density at radius 3 is 2.76 bits per heavy atom. The molecule has 2 rings (SSSR count). The van der Waals surface area contributed by atoms with Gasteiger partial charge in [-0.3, -0.25) is 14.9 Å². The van der Waals surface area contributed by atoms with Crippen molar-refractivity contribution < 1.29 is 18.5 Å². The predicted molar refractivity (Wildman–Crippen MR) is 71.9 cm³/mol. The number of likely N-dealkylation sites (tertiary alicyclic amines) is 1. The SMILES string of the molecule is CCCC1CCN(C(=O)c2cc(F)c([N+](=O)[O-])cc2F)C1. The maximum Gasteiger partial charge on any atom is 0.307 e. The van der Waals surface area contributed by atoms with Gasteiger partial charge in [-0.1, -0.05) is 13.3 Å². The summed E-state index contributed by atoms with van der Waals surface area (Å²) >= 11 is 0. The zero-order valence-corrected chi connectivity index (χ0v) is 11.6. The number of rotatable bonds is 4. The molecule has 1 aromatic rings. The van der Waals surface area contributed by atoms with Crippen molar-refractivity contribution in [3.8, 4) is 0 Å². The molecule has 1 aliphatic rings. The van der Waals surface area contributed by atoms with Crippen LogP contribution in [0.1, 0.15) is 36.5 Å². The van der Waals surface area contributed by atoms with Crippen molar-refractivity contribution in [2.24, 2.45) is 5.92 Å². The number of nitro groups is 1. The molecule has 1 amide bonds. The summed E-state index contributed by atoms with van der Waals surface area (Å²) < 4.78 is 27.4. The molecule has 5 nitrogen and oxygen atoms in total. The number of halogens is 2. The standard InChI is InChI=1S/C14H16F2N2O3/c1-2-3-9-4-5-17(8-9)14(19)10-6-12(16)13(18(20)21)7-11(10)15/h6-7,9H,2-5,8H2,1H3. The van der Waals surface area contributed by atoms with Crippen LogP contribution in [0.4, 0.5) is 14.5 Å². The molecule has 114 valence electrons. The Kier molecular flexibility index (Phi) is 4.50. The van der Waals surface area contributed by atoms with Gasteiger partial charge in [-0.05, 0) is 24.8 Å². The lowest BCUT2D eigenvalue weighted by atomic mass is 10.0. The predicted octanol–water partition coefficient (Wildman–Crippen LogP) is 3.14. The molecule has 0 spiro atoms. The minimum Gasteiger partial charge on any atom is -0.338 e. The fourth-order valence-electron chi connectivity index (χ4n) is 2.67. The molecule has 0 radical (unpaired) electrons. The third kappa shape index (κ3) is 3.17. The summed E-state index contributed by atoms with van der Waals surface area (Å²) in [4.78, 5) is 23.2. The van der Waals surface area contributed by atoms with Crippen molar-refractivity contribution in [3.63, 3.8) is 0 Å². The van der Waals surface area contributed by atoms with Gasteiger partial charge >= 0.3 is 5.69 Å². The average Bonchev–Trinajstić information content (AvgIpc) is 2.89. The molecule has 0 aliphatic carbocycles. The van der Waals surface area contributed by atoms with E-state index >= 15 is 0 Å². The fraction of sp³-hybridized carbons (Fsp3) is 0.500. The Morgan fingerprint density at radius 1 is 1.43 bits per heavy atom. The molecule has 0 bridgehead atoms. The van der Waals surface area contributed by atoms with E-state index in [-0.39, 0.29) is 0 Å². The van der Waals surface area contributed by atoms with Crippen LogP contribution >= 0.6 is 0 Å². The number of carbonyl (C=O) groups excluding carboxylic acids is 1. The van der Waals surface area contributed by atoms with Crippen LogP contribution in [0.25, 0.3) is 0 Å². The quantitative estimate of drug-likeness (QED) is 0.633. The number of carbonyl (C=O) groups is 1. The van der Waals surface area contributed by atoms with E-state index in [4.69, 9.17) is 0 Å². The Morgan fingerprint density at radius 2 is 2.14 bits per heavy atom. The Labute approximate surface area is 120 Å². The van der Waals surface area contributed by atoms with Crippen LogP contribution in [0.2, 0.25) is 0 Å². The van der Waals surface area contributed by atoms with Gasteiger partial charge in [-0.15, -0.1) is 0 Å². The molecule has 1 heterocycles. The van der Waals surface area contributed by atoms with Crippen molar-refractivity contribution in [1.82, 2.24) is 4.90 Å². The van der Waals surface area contributed by atoms with Crippen LogP contribution in [0.15, 0.2) is 12.1 Å². The molecule has 1 fully saturated rings. The summed E-state index contributed by atoms with van der Waals surface area (Å²) in [5, 5.41) is 10.5. The second-order valence-electron chi connectivity index (χ2n) is 5.24. The third-order valence-corrected chi connectivity index (χ3v) is 3.73. The molecular formula is C14H16F2N2O3. The number of benzene rings is 1. The van der Waals surface area contributed by atoms with Crippen LogP contribution in [0, 0.1) is 27.7 Å². The van der Waals surface area contributed by atoms with Crippen LogP contribution in [-0.2, 0) is 0 Å². The van der Waals surface area contributed by atoms with Crippen LogP contribution < -0.4 is 0 Å². The minimum absolute atomic E-state index is 0.380. The molecule has 0 aromatic heterocycles. The Balaban J connectivity index is 2.21. The van der Waals surface area contributed by atoms with Crippen molar-refractivity contribution >= 4 is 11.6 Å². The highest BCUT2D eigenvalue weighted by atomic mass is 19.1. The molecule has 21 heavy (non-hydrogen) atoms. The molecule has 1 saturated heterocycles. The van der Waals surface area contributed by atoms with Crippen LogP contribution in [0.3, 0.4) is 0 Å². The second-order valence-corrected chi connectivity index (χ2v) is 5.24. The van der Waals surface area contributed by atoms with Gasteiger partial charge in [-0.2, -0.15) is 4.39 Å². The van der Waals surface area contributed by atoms with E-state index in [0.717, 1.165) is 19.3 Å². The highest BCUT2D eigenvalue weighted by Crippen LogP contribution is 2.26. The molecule has 1 aliphatic heterocycles. The summed E-state index contributed by atoms with van der Waals surface area (Å²) in [5.41, 5.74) is -1.41. The van der Waals surface area contributed by atoms with E-state index in [1.165, 1.54) is 4.90 Å². The van der Waals surface area contributed by atoms with Gasteiger partial charge in [0.2, 0.25) is 5.82 Å². The van der Waals surface area contributed by atoms with Gasteiger partial charge in [0.1, 0.15) is 5.82 Å². The van der Waals surface area contributed by atoms with Gasteiger partial charge < -0.3 is 4.90 Å². The lowest BCUT2D eigenvalue weighted by Crippen LogP contribution is -2.29. The number of amides is 1. The van der Waals surface area contributed by atoms with Gasteiger partial charge in [-0.25, -0.2) is 4.39 Å². The molecule has 0 N–H and O–H groups in total. The first-order valence-electron chi connectivity index (χ1n) is 6.86. The minimum atomic E-state index is -1.20. The van der Waals surface area contributed by atoms with Gasteiger partial charge in [0.15, 0.2) is 0 Å². The number of hydrogen-bond acceptors (Lipinski definition) is 3. The maximum absolute atomic E-state index is 13.8. The van der Waals surface area contributed by atoms with Gasteiger partial charge in [0, 0.05) is 13.1 Å². The third-order valence-electron chi connectivity index (χ3n) is 3.73. The van der Waals surface area contributed by atoms with Crippen molar-refractivity contribution in [2.45, 2.75) is 26.2 Å². The molecule has 1 aromatic carbocycles. The monoisotopic (exact) mass is 298 g/mol. The summed E-state index contributed by atoms with van der Waals surface area (Å²) in [6, 6.07) is 1.07. The largest absolute Gasteiger partial charge is 0.338 e.